The Morgan fingerprint density at radius 3 is 2.42 bits per heavy atom. The Bertz CT molecular complexity index is 737. The van der Waals surface area contributed by atoms with Crippen LogP contribution < -0.4 is 5.32 Å². The van der Waals surface area contributed by atoms with Gasteiger partial charge in [0.05, 0.1) is 10.9 Å². The maximum absolute atomic E-state index is 12.1. The largest absolute Gasteiger partial charge is 0.342 e. The first-order valence-corrected chi connectivity index (χ1v) is 10.4. The third-order valence-corrected chi connectivity index (χ3v) is 7.40. The minimum atomic E-state index is -4.15. The molecule has 7 nitrogen and oxygen atoms in total. The molecule has 1 N–H and O–H groups in total. The van der Waals surface area contributed by atoms with Gasteiger partial charge in [-0.3, -0.25) is 14.5 Å². The third kappa shape index (κ3) is 3.90. The summed E-state index contributed by atoms with van der Waals surface area (Å²) in [5.41, 5.74) is 0. The Morgan fingerprint density at radius 1 is 1.21 bits per heavy atom. The van der Waals surface area contributed by atoms with Crippen molar-refractivity contribution in [1.82, 2.24) is 15.1 Å². The van der Waals surface area contributed by atoms with E-state index in [0.717, 1.165) is 24.4 Å². The lowest BCUT2D eigenvalue weighted by atomic mass is 10.3. The summed E-state index contributed by atoms with van der Waals surface area (Å²) in [5.74, 6) is -0.266. The Morgan fingerprint density at radius 2 is 1.88 bits per heavy atom. The second kappa shape index (κ2) is 6.99. The highest BCUT2D eigenvalue weighted by Gasteiger charge is 2.33. The molecule has 1 aromatic rings. The van der Waals surface area contributed by atoms with Crippen molar-refractivity contribution >= 4 is 43.9 Å². The maximum atomic E-state index is 12.1. The fourth-order valence-electron chi connectivity index (χ4n) is 2.66. The first kappa shape index (κ1) is 17.7. The summed E-state index contributed by atoms with van der Waals surface area (Å²) < 4.78 is 24.3. The van der Waals surface area contributed by atoms with Crippen LogP contribution in [0, 0.1) is 0 Å². The van der Waals surface area contributed by atoms with Gasteiger partial charge in [0.15, 0.2) is 0 Å². The quantitative estimate of drug-likeness (QED) is 0.833. The lowest BCUT2D eigenvalue weighted by molar-refractivity contribution is -0.131. The van der Waals surface area contributed by atoms with E-state index in [4.69, 9.17) is 11.6 Å². The Hall–Kier alpha value is -1.16. The van der Waals surface area contributed by atoms with Crippen LogP contribution in [0.1, 0.15) is 12.8 Å². The summed E-state index contributed by atoms with van der Waals surface area (Å²) in [6, 6.07) is 3.36. The van der Waals surface area contributed by atoms with Crippen LogP contribution in [0.3, 0.4) is 0 Å². The molecular weight excluding hydrogens is 374 g/mol. The average Bonchev–Trinajstić information content (AvgIpc) is 3.33. The van der Waals surface area contributed by atoms with Gasteiger partial charge < -0.3 is 10.2 Å². The standard InChI is InChI=1S/C14H18ClN3O4S2/c15-11-3-4-13(23-11)24(21,22)14(20)16-9-12(19)18-7-5-17(6-8-18)10-1-2-10/h3-4,10H,1-2,5-9H2,(H,16,20). The van der Waals surface area contributed by atoms with Crippen molar-refractivity contribution in [3.63, 3.8) is 0 Å². The number of thiophene rings is 1. The fraction of sp³-hybridized carbons (Fsp3) is 0.571. The van der Waals surface area contributed by atoms with Gasteiger partial charge in [0.25, 0.3) is 9.84 Å². The molecule has 0 atom stereocenters. The molecule has 2 aliphatic rings. The molecule has 132 valence electrons. The summed E-state index contributed by atoms with van der Waals surface area (Å²) in [5, 5.41) is 1.03. The van der Waals surface area contributed by atoms with E-state index in [2.05, 4.69) is 10.2 Å². The van der Waals surface area contributed by atoms with E-state index in [1.165, 1.54) is 25.0 Å². The zero-order chi connectivity index (χ0) is 17.3. The summed E-state index contributed by atoms with van der Waals surface area (Å²) in [6.07, 6.45) is 2.46. The second-order valence-electron chi connectivity index (χ2n) is 5.85. The number of sulfone groups is 1. The maximum Gasteiger partial charge on any atom is 0.342 e. The van der Waals surface area contributed by atoms with E-state index >= 15 is 0 Å². The van der Waals surface area contributed by atoms with E-state index in [1.54, 1.807) is 4.90 Å². The molecule has 0 unspecified atom stereocenters. The number of carbonyl (C=O) groups is 2. The van der Waals surface area contributed by atoms with Crippen LogP contribution in [0.4, 0.5) is 4.79 Å². The Labute approximate surface area is 149 Å². The number of rotatable bonds is 4. The van der Waals surface area contributed by atoms with Crippen molar-refractivity contribution in [2.24, 2.45) is 0 Å². The highest BCUT2D eigenvalue weighted by molar-refractivity contribution is 8.07. The number of halogens is 1. The molecule has 1 saturated carbocycles. The van der Waals surface area contributed by atoms with Crippen molar-refractivity contribution in [3.05, 3.63) is 16.5 Å². The molecule has 2 heterocycles. The van der Waals surface area contributed by atoms with Crippen LogP contribution in [0.2, 0.25) is 4.34 Å². The summed E-state index contributed by atoms with van der Waals surface area (Å²) in [6.45, 7) is 2.56. The predicted molar refractivity (Wildman–Crippen MR) is 91.1 cm³/mol. The molecule has 1 aliphatic carbocycles. The van der Waals surface area contributed by atoms with Crippen molar-refractivity contribution in [2.45, 2.75) is 23.1 Å². The van der Waals surface area contributed by atoms with Gasteiger partial charge >= 0.3 is 5.24 Å². The van der Waals surface area contributed by atoms with Gasteiger partial charge in [0, 0.05) is 32.2 Å². The molecule has 2 amide bonds. The van der Waals surface area contributed by atoms with Crippen molar-refractivity contribution in [1.29, 1.82) is 0 Å². The van der Waals surface area contributed by atoms with Crippen molar-refractivity contribution < 1.29 is 18.0 Å². The minimum absolute atomic E-state index is 0.129. The van der Waals surface area contributed by atoms with E-state index in [-0.39, 0.29) is 21.0 Å². The number of hydrogen-bond donors (Lipinski definition) is 1. The predicted octanol–water partition coefficient (Wildman–Crippen LogP) is 1.19. The summed E-state index contributed by atoms with van der Waals surface area (Å²) >= 11 is 6.51. The molecule has 24 heavy (non-hydrogen) atoms. The number of carbonyl (C=O) groups excluding carboxylic acids is 2. The molecule has 0 radical (unpaired) electrons. The smallest absolute Gasteiger partial charge is 0.339 e. The molecule has 10 heteroatoms. The minimum Gasteiger partial charge on any atom is -0.339 e. The molecule has 1 saturated heterocycles. The fourth-order valence-corrected chi connectivity index (χ4v) is 5.21. The highest BCUT2D eigenvalue weighted by Crippen LogP contribution is 2.28. The topological polar surface area (TPSA) is 86.8 Å². The number of piperazine rings is 1. The molecule has 3 rings (SSSR count). The third-order valence-electron chi connectivity index (χ3n) is 4.17. The molecule has 0 aromatic carbocycles. The molecule has 0 spiro atoms. The summed E-state index contributed by atoms with van der Waals surface area (Å²) in [4.78, 5) is 28.1. The van der Waals surface area contributed by atoms with Gasteiger partial charge in [0.2, 0.25) is 5.91 Å². The number of amides is 2. The van der Waals surface area contributed by atoms with Crippen LogP contribution in [-0.2, 0) is 14.6 Å². The second-order valence-corrected chi connectivity index (χ2v) is 9.64. The highest BCUT2D eigenvalue weighted by atomic mass is 35.5. The van der Waals surface area contributed by atoms with Gasteiger partial charge in [-0.2, -0.15) is 0 Å². The molecule has 0 bridgehead atoms. The van der Waals surface area contributed by atoms with E-state index in [9.17, 15) is 18.0 Å². The van der Waals surface area contributed by atoms with E-state index in [0.29, 0.717) is 19.1 Å². The van der Waals surface area contributed by atoms with E-state index < -0.39 is 15.1 Å². The molecule has 1 aliphatic heterocycles. The van der Waals surface area contributed by atoms with Crippen molar-refractivity contribution in [2.75, 3.05) is 32.7 Å². The monoisotopic (exact) mass is 391 g/mol. The normalized spacial score (nSPS) is 19.3. The number of hydrogen-bond acceptors (Lipinski definition) is 6. The zero-order valence-corrected chi connectivity index (χ0v) is 15.3. The summed E-state index contributed by atoms with van der Waals surface area (Å²) in [7, 11) is -4.15. The molecule has 2 fully saturated rings. The van der Waals surface area contributed by atoms with Gasteiger partial charge in [-0.15, -0.1) is 11.3 Å². The molecular formula is C14H18ClN3O4S2. The van der Waals surface area contributed by atoms with Gasteiger partial charge in [-0.05, 0) is 25.0 Å². The first-order valence-electron chi connectivity index (χ1n) is 7.68. The number of nitrogens with one attached hydrogen (secondary N) is 1. The van der Waals surface area contributed by atoms with Crippen molar-refractivity contribution in [3.8, 4) is 0 Å². The average molecular weight is 392 g/mol. The Balaban J connectivity index is 1.49. The van der Waals surface area contributed by atoms with Gasteiger partial charge in [0.1, 0.15) is 4.21 Å². The lowest BCUT2D eigenvalue weighted by Crippen LogP contribution is -2.51. The van der Waals surface area contributed by atoms with Gasteiger partial charge in [-0.25, -0.2) is 8.42 Å². The lowest BCUT2D eigenvalue weighted by Gasteiger charge is -2.34. The number of nitrogens with zero attached hydrogens (tertiary/aromatic N) is 2. The first-order chi connectivity index (χ1) is 11.4. The van der Waals surface area contributed by atoms with Crippen LogP contribution in [-0.4, -0.2) is 68.1 Å². The zero-order valence-electron chi connectivity index (χ0n) is 12.9. The van der Waals surface area contributed by atoms with Gasteiger partial charge in [-0.1, -0.05) is 11.6 Å². The van der Waals surface area contributed by atoms with Crippen LogP contribution in [0.5, 0.6) is 0 Å². The molecule has 1 aromatic heterocycles. The SMILES string of the molecule is O=C(CNC(=O)S(=O)(=O)c1ccc(Cl)s1)N1CCN(C2CC2)CC1. The Kier molecular flexibility index (Phi) is 5.14. The van der Waals surface area contributed by atoms with Crippen LogP contribution in [0.15, 0.2) is 16.3 Å². The van der Waals surface area contributed by atoms with Crippen LogP contribution >= 0.6 is 22.9 Å². The van der Waals surface area contributed by atoms with Crippen LogP contribution in [0.25, 0.3) is 0 Å². The van der Waals surface area contributed by atoms with E-state index in [1.807, 2.05) is 0 Å².